The van der Waals surface area contributed by atoms with Crippen molar-refractivity contribution in [2.75, 3.05) is 4.90 Å². The lowest BCUT2D eigenvalue weighted by Gasteiger charge is -2.31. The molecule has 30 heavy (non-hydrogen) atoms. The van der Waals surface area contributed by atoms with Gasteiger partial charge in [0.05, 0.1) is 5.69 Å². The minimum absolute atomic E-state index is 0.335. The van der Waals surface area contributed by atoms with Gasteiger partial charge in [-0.2, -0.15) is 10.2 Å². The fraction of sp³-hybridized carbons (Fsp3) is 0.130. The van der Waals surface area contributed by atoms with Gasteiger partial charge in [0, 0.05) is 10.0 Å². The second-order valence-electron chi connectivity index (χ2n) is 7.28. The first-order valence-corrected chi connectivity index (χ1v) is 10.1. The van der Waals surface area contributed by atoms with Gasteiger partial charge in [-0.1, -0.05) is 83.9 Å². The summed E-state index contributed by atoms with van der Waals surface area (Å²) in [6.45, 7) is 0. The van der Waals surface area contributed by atoms with Gasteiger partial charge in [0.15, 0.2) is 6.04 Å². The second-order valence-corrected chi connectivity index (χ2v) is 8.15. The van der Waals surface area contributed by atoms with Gasteiger partial charge in [0.25, 0.3) is 5.91 Å². The van der Waals surface area contributed by atoms with E-state index in [2.05, 4.69) is 10.2 Å². The van der Waals surface area contributed by atoms with Crippen LogP contribution in [-0.4, -0.2) is 17.9 Å². The van der Waals surface area contributed by atoms with E-state index in [0.717, 1.165) is 16.0 Å². The molecule has 2 atom stereocenters. The lowest BCUT2D eigenvalue weighted by molar-refractivity contribution is -0.123. The largest absolute Gasteiger partial charge is 0.273 e. The Morgan fingerprint density at radius 1 is 0.767 bits per heavy atom. The lowest BCUT2D eigenvalue weighted by Crippen LogP contribution is -2.40. The van der Waals surface area contributed by atoms with Crippen LogP contribution < -0.4 is 4.90 Å². The standard InChI is InChI=1S/C23H15Cl2N3O2/c24-16-11-17(25)13-18(12-16)28-21(29)19-20(22(28)30)26-27-23(19,14-7-3-1-4-8-14)15-9-5-2-6-10-15/h1-13,19-20H. The van der Waals surface area contributed by atoms with Crippen molar-refractivity contribution >= 4 is 40.7 Å². The molecule has 5 rings (SSSR count). The van der Waals surface area contributed by atoms with Crippen LogP contribution in [0.4, 0.5) is 5.69 Å². The second kappa shape index (κ2) is 7.04. The summed E-state index contributed by atoms with van der Waals surface area (Å²) in [5.74, 6) is -1.60. The van der Waals surface area contributed by atoms with Crippen molar-refractivity contribution in [3.05, 3.63) is 100 Å². The van der Waals surface area contributed by atoms with Gasteiger partial charge in [-0.15, -0.1) is 0 Å². The van der Waals surface area contributed by atoms with Crippen LogP contribution in [0.5, 0.6) is 0 Å². The van der Waals surface area contributed by atoms with Crippen LogP contribution in [0.1, 0.15) is 11.1 Å². The van der Waals surface area contributed by atoms with E-state index in [9.17, 15) is 9.59 Å². The minimum Gasteiger partial charge on any atom is -0.273 e. The van der Waals surface area contributed by atoms with Crippen LogP contribution >= 0.6 is 23.2 Å². The highest BCUT2D eigenvalue weighted by Gasteiger charge is 2.63. The van der Waals surface area contributed by atoms with Crippen LogP contribution in [0.15, 0.2) is 89.1 Å². The Morgan fingerprint density at radius 2 is 1.30 bits per heavy atom. The van der Waals surface area contributed by atoms with Gasteiger partial charge >= 0.3 is 0 Å². The first-order valence-electron chi connectivity index (χ1n) is 9.39. The summed E-state index contributed by atoms with van der Waals surface area (Å²) < 4.78 is 0. The molecule has 2 aliphatic heterocycles. The summed E-state index contributed by atoms with van der Waals surface area (Å²) in [4.78, 5) is 28.0. The number of hydrogen-bond donors (Lipinski definition) is 0. The number of nitrogens with zero attached hydrogens (tertiary/aromatic N) is 3. The van der Waals surface area contributed by atoms with Gasteiger partial charge < -0.3 is 0 Å². The quantitative estimate of drug-likeness (QED) is 0.526. The van der Waals surface area contributed by atoms with Crippen LogP contribution in [0.3, 0.4) is 0 Å². The number of anilines is 1. The fourth-order valence-electron chi connectivity index (χ4n) is 4.34. The van der Waals surface area contributed by atoms with Crippen molar-refractivity contribution in [1.82, 2.24) is 0 Å². The smallest absolute Gasteiger partial charge is 0.261 e. The molecule has 148 valence electrons. The first kappa shape index (κ1) is 19.0. The number of carbonyl (C=O) groups is 2. The fourth-order valence-corrected chi connectivity index (χ4v) is 4.86. The molecular formula is C23H15Cl2N3O2. The van der Waals surface area contributed by atoms with E-state index in [-0.39, 0.29) is 5.91 Å². The molecule has 3 aromatic carbocycles. The molecule has 0 aliphatic carbocycles. The Bertz CT molecular complexity index is 1120. The van der Waals surface area contributed by atoms with Gasteiger partial charge in [-0.25, -0.2) is 4.90 Å². The highest BCUT2D eigenvalue weighted by atomic mass is 35.5. The Labute approximate surface area is 182 Å². The predicted octanol–water partition coefficient (Wildman–Crippen LogP) is 5.26. The van der Waals surface area contributed by atoms with Crippen LogP contribution in [0.25, 0.3) is 0 Å². The average Bonchev–Trinajstić information content (AvgIpc) is 3.26. The zero-order chi connectivity index (χ0) is 20.9. The van der Waals surface area contributed by atoms with Gasteiger partial charge in [-0.3, -0.25) is 9.59 Å². The number of benzene rings is 3. The number of azo groups is 1. The summed E-state index contributed by atoms with van der Waals surface area (Å²) in [6.07, 6.45) is 0. The number of fused-ring (bicyclic) bond motifs is 1. The van der Waals surface area contributed by atoms with Crippen molar-refractivity contribution in [2.24, 2.45) is 16.1 Å². The van der Waals surface area contributed by atoms with E-state index >= 15 is 0 Å². The first-order chi connectivity index (χ1) is 14.5. The van der Waals surface area contributed by atoms with E-state index in [1.165, 1.54) is 0 Å². The van der Waals surface area contributed by atoms with E-state index < -0.39 is 23.4 Å². The number of amides is 2. The molecule has 2 heterocycles. The summed E-state index contributed by atoms with van der Waals surface area (Å²) >= 11 is 12.2. The van der Waals surface area contributed by atoms with Crippen LogP contribution in [0.2, 0.25) is 10.0 Å². The number of carbonyl (C=O) groups excluding carboxylic acids is 2. The SMILES string of the molecule is O=C1C2N=NC(c3ccccc3)(c3ccccc3)C2C(=O)N1c1cc(Cl)cc(Cl)c1. The Hall–Kier alpha value is -3.02. The Balaban J connectivity index is 1.69. The lowest BCUT2D eigenvalue weighted by atomic mass is 9.72. The molecule has 0 saturated carbocycles. The maximum atomic E-state index is 13.7. The molecule has 0 N–H and O–H groups in total. The summed E-state index contributed by atoms with van der Waals surface area (Å²) in [7, 11) is 0. The van der Waals surface area contributed by atoms with E-state index in [4.69, 9.17) is 23.2 Å². The van der Waals surface area contributed by atoms with E-state index in [1.807, 2.05) is 60.7 Å². The molecular weight excluding hydrogens is 421 g/mol. The molecule has 1 saturated heterocycles. The van der Waals surface area contributed by atoms with Crippen molar-refractivity contribution in [1.29, 1.82) is 0 Å². The van der Waals surface area contributed by atoms with Crippen molar-refractivity contribution in [3.8, 4) is 0 Å². The summed E-state index contributed by atoms with van der Waals surface area (Å²) in [5, 5.41) is 9.55. The zero-order valence-electron chi connectivity index (χ0n) is 15.6. The molecule has 0 aromatic heterocycles. The Morgan fingerprint density at radius 3 is 1.83 bits per heavy atom. The zero-order valence-corrected chi connectivity index (χ0v) is 17.1. The molecule has 2 aliphatic rings. The maximum absolute atomic E-state index is 13.7. The third-order valence-corrected chi connectivity index (χ3v) is 6.04. The van der Waals surface area contributed by atoms with Crippen molar-refractivity contribution < 1.29 is 9.59 Å². The van der Waals surface area contributed by atoms with Crippen LogP contribution in [0, 0.1) is 5.92 Å². The molecule has 0 bridgehead atoms. The third kappa shape index (κ3) is 2.70. The number of halogens is 2. The monoisotopic (exact) mass is 435 g/mol. The van der Waals surface area contributed by atoms with E-state index in [0.29, 0.717) is 15.7 Å². The normalized spacial score (nSPS) is 21.9. The minimum atomic E-state index is -1.09. The van der Waals surface area contributed by atoms with Crippen molar-refractivity contribution in [3.63, 3.8) is 0 Å². The molecule has 7 heteroatoms. The topological polar surface area (TPSA) is 62.1 Å². The molecule has 1 fully saturated rings. The molecule has 0 radical (unpaired) electrons. The van der Waals surface area contributed by atoms with E-state index in [1.54, 1.807) is 18.2 Å². The van der Waals surface area contributed by atoms with Crippen LogP contribution in [-0.2, 0) is 15.1 Å². The number of hydrogen-bond acceptors (Lipinski definition) is 4. The molecule has 0 spiro atoms. The third-order valence-electron chi connectivity index (χ3n) is 5.60. The molecule has 2 unspecified atom stereocenters. The highest BCUT2D eigenvalue weighted by Crippen LogP contribution is 2.51. The number of rotatable bonds is 3. The summed E-state index contributed by atoms with van der Waals surface area (Å²) in [5.41, 5.74) is 0.859. The number of imide groups is 1. The van der Waals surface area contributed by atoms with Gasteiger partial charge in [0.2, 0.25) is 5.91 Å². The molecule has 5 nitrogen and oxygen atoms in total. The van der Waals surface area contributed by atoms with Gasteiger partial charge in [0.1, 0.15) is 11.5 Å². The highest BCUT2D eigenvalue weighted by molar-refractivity contribution is 6.36. The summed E-state index contributed by atoms with van der Waals surface area (Å²) in [6, 6.07) is 22.7. The van der Waals surface area contributed by atoms with Gasteiger partial charge in [-0.05, 0) is 29.3 Å². The molecule has 2 amide bonds. The Kier molecular flexibility index (Phi) is 4.45. The molecule has 3 aromatic rings. The van der Waals surface area contributed by atoms with Crippen molar-refractivity contribution in [2.45, 2.75) is 11.6 Å². The predicted molar refractivity (Wildman–Crippen MR) is 115 cm³/mol. The average molecular weight is 436 g/mol. The maximum Gasteiger partial charge on any atom is 0.261 e.